The molecule has 0 amide bonds. The SMILES string of the molecule is NC(CC1=CCCC=C1)C(O)C(=O)O. The molecule has 14 heavy (non-hydrogen) atoms. The van der Waals surface area contributed by atoms with E-state index >= 15 is 0 Å². The van der Waals surface area contributed by atoms with Gasteiger partial charge in [0.1, 0.15) is 0 Å². The first-order chi connectivity index (χ1) is 6.61. The third kappa shape index (κ3) is 2.97. The highest BCUT2D eigenvalue weighted by molar-refractivity contribution is 5.72. The van der Waals surface area contributed by atoms with Gasteiger partial charge in [0.15, 0.2) is 6.10 Å². The first-order valence-electron chi connectivity index (χ1n) is 4.63. The van der Waals surface area contributed by atoms with E-state index in [4.69, 9.17) is 15.9 Å². The Morgan fingerprint density at radius 1 is 1.57 bits per heavy atom. The maximum atomic E-state index is 10.4. The molecule has 0 saturated carbocycles. The van der Waals surface area contributed by atoms with Gasteiger partial charge in [-0.25, -0.2) is 4.79 Å². The van der Waals surface area contributed by atoms with Crippen molar-refractivity contribution in [1.82, 2.24) is 0 Å². The monoisotopic (exact) mass is 197 g/mol. The number of allylic oxidation sites excluding steroid dienone is 3. The molecule has 0 bridgehead atoms. The van der Waals surface area contributed by atoms with E-state index in [0.717, 1.165) is 18.4 Å². The van der Waals surface area contributed by atoms with Gasteiger partial charge in [0, 0.05) is 6.04 Å². The number of aliphatic hydroxyl groups excluding tert-OH is 1. The highest BCUT2D eigenvalue weighted by atomic mass is 16.4. The van der Waals surface area contributed by atoms with E-state index in [9.17, 15) is 4.79 Å². The number of carboxylic acids is 1. The largest absolute Gasteiger partial charge is 0.479 e. The third-order valence-electron chi connectivity index (χ3n) is 2.20. The summed E-state index contributed by atoms with van der Waals surface area (Å²) < 4.78 is 0. The zero-order chi connectivity index (χ0) is 10.6. The summed E-state index contributed by atoms with van der Waals surface area (Å²) in [5, 5.41) is 17.7. The van der Waals surface area contributed by atoms with E-state index < -0.39 is 18.1 Å². The molecule has 1 aliphatic rings. The summed E-state index contributed by atoms with van der Waals surface area (Å²) in [5.74, 6) is -1.27. The zero-order valence-electron chi connectivity index (χ0n) is 7.89. The second-order valence-electron chi connectivity index (χ2n) is 3.41. The fourth-order valence-electron chi connectivity index (χ4n) is 1.39. The fraction of sp³-hybridized carbons (Fsp3) is 0.500. The molecule has 0 fully saturated rings. The summed E-state index contributed by atoms with van der Waals surface area (Å²) in [6.07, 6.45) is 6.87. The van der Waals surface area contributed by atoms with Gasteiger partial charge in [0.2, 0.25) is 0 Å². The molecule has 0 radical (unpaired) electrons. The molecule has 0 heterocycles. The molecule has 1 aliphatic carbocycles. The molecule has 0 saturated heterocycles. The fourth-order valence-corrected chi connectivity index (χ4v) is 1.39. The smallest absolute Gasteiger partial charge is 0.334 e. The molecule has 0 spiro atoms. The highest BCUT2D eigenvalue weighted by Crippen LogP contribution is 2.15. The van der Waals surface area contributed by atoms with Crippen LogP contribution in [0.2, 0.25) is 0 Å². The summed E-state index contributed by atoms with van der Waals surface area (Å²) >= 11 is 0. The number of rotatable bonds is 4. The van der Waals surface area contributed by atoms with Gasteiger partial charge in [-0.1, -0.05) is 23.8 Å². The Hall–Kier alpha value is -1.13. The van der Waals surface area contributed by atoms with Crippen LogP contribution in [0.4, 0.5) is 0 Å². The van der Waals surface area contributed by atoms with Gasteiger partial charge < -0.3 is 15.9 Å². The van der Waals surface area contributed by atoms with Gasteiger partial charge in [-0.2, -0.15) is 0 Å². The minimum absolute atomic E-state index is 0.407. The van der Waals surface area contributed by atoms with Gasteiger partial charge >= 0.3 is 5.97 Å². The maximum Gasteiger partial charge on any atom is 0.334 e. The lowest BCUT2D eigenvalue weighted by Crippen LogP contribution is -2.40. The average Bonchev–Trinajstić information content (AvgIpc) is 2.18. The first-order valence-corrected chi connectivity index (χ1v) is 4.63. The number of carbonyl (C=O) groups is 1. The van der Waals surface area contributed by atoms with Crippen molar-refractivity contribution in [2.24, 2.45) is 5.73 Å². The minimum atomic E-state index is -1.48. The summed E-state index contributed by atoms with van der Waals surface area (Å²) in [5.41, 5.74) is 6.55. The molecule has 1 rings (SSSR count). The van der Waals surface area contributed by atoms with E-state index in [1.54, 1.807) is 0 Å². The normalized spacial score (nSPS) is 20.0. The highest BCUT2D eigenvalue weighted by Gasteiger charge is 2.22. The summed E-state index contributed by atoms with van der Waals surface area (Å²) in [6, 6.07) is -0.735. The molecule has 4 heteroatoms. The predicted octanol–water partition coefficient (Wildman–Crippen LogP) is 0.426. The van der Waals surface area contributed by atoms with E-state index in [1.807, 2.05) is 18.2 Å². The Morgan fingerprint density at radius 2 is 2.29 bits per heavy atom. The van der Waals surface area contributed by atoms with E-state index in [1.165, 1.54) is 0 Å². The van der Waals surface area contributed by atoms with Crippen molar-refractivity contribution in [3.63, 3.8) is 0 Å². The Kier molecular flexibility index (Phi) is 3.85. The Labute approximate surface area is 82.7 Å². The summed E-state index contributed by atoms with van der Waals surface area (Å²) in [7, 11) is 0. The number of aliphatic carboxylic acids is 1. The predicted molar refractivity (Wildman–Crippen MR) is 52.7 cm³/mol. The number of hydrogen-bond acceptors (Lipinski definition) is 3. The quantitative estimate of drug-likeness (QED) is 0.610. The molecular weight excluding hydrogens is 182 g/mol. The van der Waals surface area contributed by atoms with Gasteiger partial charge in [-0.15, -0.1) is 0 Å². The summed E-state index contributed by atoms with van der Waals surface area (Å²) in [6.45, 7) is 0. The van der Waals surface area contributed by atoms with Crippen molar-refractivity contribution in [2.75, 3.05) is 0 Å². The van der Waals surface area contributed by atoms with Crippen LogP contribution >= 0.6 is 0 Å². The molecule has 0 aromatic heterocycles. The van der Waals surface area contributed by atoms with Crippen molar-refractivity contribution in [2.45, 2.75) is 31.4 Å². The number of hydrogen-bond donors (Lipinski definition) is 3. The topological polar surface area (TPSA) is 83.5 Å². The molecule has 2 unspecified atom stereocenters. The van der Waals surface area contributed by atoms with Gasteiger partial charge in [0.25, 0.3) is 0 Å². The lowest BCUT2D eigenvalue weighted by atomic mass is 9.98. The van der Waals surface area contributed by atoms with Gasteiger partial charge in [-0.05, 0) is 19.3 Å². The second kappa shape index (κ2) is 4.93. The third-order valence-corrected chi connectivity index (χ3v) is 2.20. The van der Waals surface area contributed by atoms with E-state index in [-0.39, 0.29) is 0 Å². The van der Waals surface area contributed by atoms with Crippen molar-refractivity contribution >= 4 is 5.97 Å². The lowest BCUT2D eigenvalue weighted by Gasteiger charge is -2.16. The van der Waals surface area contributed by atoms with Crippen LogP contribution in [0.25, 0.3) is 0 Å². The summed E-state index contributed by atoms with van der Waals surface area (Å²) in [4.78, 5) is 10.4. The molecule has 0 aromatic carbocycles. The molecule has 78 valence electrons. The molecule has 0 aromatic rings. The molecule has 4 N–H and O–H groups in total. The van der Waals surface area contributed by atoms with Crippen LogP contribution in [0.1, 0.15) is 19.3 Å². The van der Waals surface area contributed by atoms with E-state index in [2.05, 4.69) is 0 Å². The molecule has 2 atom stereocenters. The Balaban J connectivity index is 2.47. The van der Waals surface area contributed by atoms with Crippen molar-refractivity contribution in [1.29, 1.82) is 0 Å². The lowest BCUT2D eigenvalue weighted by molar-refractivity contribution is -0.147. The maximum absolute atomic E-state index is 10.4. The van der Waals surface area contributed by atoms with E-state index in [0.29, 0.717) is 6.42 Å². The molecule has 0 aliphatic heterocycles. The first kappa shape index (κ1) is 10.9. The van der Waals surface area contributed by atoms with Crippen LogP contribution in [0.3, 0.4) is 0 Å². The number of nitrogens with two attached hydrogens (primary N) is 1. The van der Waals surface area contributed by atoms with Gasteiger partial charge in [-0.3, -0.25) is 0 Å². The van der Waals surface area contributed by atoms with Crippen molar-refractivity contribution < 1.29 is 15.0 Å². The molecule has 4 nitrogen and oxygen atoms in total. The minimum Gasteiger partial charge on any atom is -0.479 e. The second-order valence-corrected chi connectivity index (χ2v) is 3.41. The van der Waals surface area contributed by atoms with Crippen LogP contribution < -0.4 is 5.73 Å². The van der Waals surface area contributed by atoms with Crippen LogP contribution in [0, 0.1) is 0 Å². The van der Waals surface area contributed by atoms with Crippen LogP contribution in [0.5, 0.6) is 0 Å². The average molecular weight is 197 g/mol. The van der Waals surface area contributed by atoms with Crippen LogP contribution in [0.15, 0.2) is 23.8 Å². The van der Waals surface area contributed by atoms with Crippen LogP contribution in [-0.4, -0.2) is 28.3 Å². The molecular formula is C10H15NO3. The Bertz CT molecular complexity index is 271. The standard InChI is InChI=1S/C10H15NO3/c11-8(9(12)10(13)14)6-7-4-2-1-3-5-7/h2,4-5,8-9,12H,1,3,6,11H2,(H,13,14). The van der Waals surface area contributed by atoms with Crippen LogP contribution in [-0.2, 0) is 4.79 Å². The number of carboxylic acid groups (broad SMARTS) is 1. The van der Waals surface area contributed by atoms with Crippen molar-refractivity contribution in [3.05, 3.63) is 23.8 Å². The van der Waals surface area contributed by atoms with Gasteiger partial charge in [0.05, 0.1) is 0 Å². The Morgan fingerprint density at radius 3 is 2.79 bits per heavy atom. The number of aliphatic hydroxyl groups is 1. The van der Waals surface area contributed by atoms with Crippen molar-refractivity contribution in [3.8, 4) is 0 Å². The zero-order valence-corrected chi connectivity index (χ0v) is 7.89.